The summed E-state index contributed by atoms with van der Waals surface area (Å²) in [5.74, 6) is -1.16. The largest absolute Gasteiger partial charge is 0.481 e. The van der Waals surface area contributed by atoms with Gasteiger partial charge in [-0.3, -0.25) is 4.79 Å². The zero-order valence-electron chi connectivity index (χ0n) is 10.0. The van der Waals surface area contributed by atoms with Crippen molar-refractivity contribution in [1.29, 1.82) is 0 Å². The molecule has 1 aromatic carbocycles. The van der Waals surface area contributed by atoms with Crippen molar-refractivity contribution in [2.24, 2.45) is 0 Å². The van der Waals surface area contributed by atoms with Gasteiger partial charge in [0.1, 0.15) is 0 Å². The predicted octanol–water partition coefficient (Wildman–Crippen LogP) is 2.61. The van der Waals surface area contributed by atoms with Gasteiger partial charge in [0.25, 0.3) is 0 Å². The number of benzene rings is 1. The van der Waals surface area contributed by atoms with Crippen molar-refractivity contribution in [2.45, 2.75) is 25.1 Å². The minimum absolute atomic E-state index is 0.0672. The molecule has 3 nitrogen and oxygen atoms in total. The van der Waals surface area contributed by atoms with Crippen LogP contribution >= 0.6 is 0 Å². The fraction of sp³-hybridized carbons (Fsp3) is 0.417. The molecule has 6 heteroatoms. The van der Waals surface area contributed by atoms with E-state index in [1.165, 1.54) is 32.2 Å². The van der Waals surface area contributed by atoms with Crippen LogP contribution in [-0.2, 0) is 16.5 Å². The van der Waals surface area contributed by atoms with E-state index in [0.717, 1.165) is 6.07 Å². The highest BCUT2D eigenvalue weighted by Gasteiger charge is 2.39. The standard InChI is InChI=1S/C12H14F3NO2/c1-11(16-2,7-10(17)18)8-5-3-4-6-9(8)12(13,14)15/h3-6,16H,7H2,1-2H3,(H,17,18). The van der Waals surface area contributed by atoms with Gasteiger partial charge in [-0.05, 0) is 25.6 Å². The Kier molecular flexibility index (Phi) is 4.01. The first kappa shape index (κ1) is 14.5. The van der Waals surface area contributed by atoms with Gasteiger partial charge < -0.3 is 10.4 Å². The number of nitrogens with one attached hydrogen (secondary N) is 1. The second kappa shape index (κ2) is 4.97. The molecule has 18 heavy (non-hydrogen) atoms. The Morgan fingerprint density at radius 1 is 1.28 bits per heavy atom. The molecule has 0 spiro atoms. The van der Waals surface area contributed by atoms with Crippen molar-refractivity contribution in [3.05, 3.63) is 35.4 Å². The molecule has 1 unspecified atom stereocenters. The summed E-state index contributed by atoms with van der Waals surface area (Å²) in [6, 6.07) is 4.99. The molecule has 0 aliphatic heterocycles. The van der Waals surface area contributed by atoms with Gasteiger partial charge in [0.15, 0.2) is 0 Å². The second-order valence-electron chi connectivity index (χ2n) is 4.20. The Morgan fingerprint density at radius 3 is 2.17 bits per heavy atom. The number of hydrogen-bond acceptors (Lipinski definition) is 2. The number of carboxylic acid groups (broad SMARTS) is 1. The molecule has 0 aromatic heterocycles. The molecular formula is C12H14F3NO2. The molecule has 1 aromatic rings. The fourth-order valence-corrected chi connectivity index (χ4v) is 1.83. The molecule has 1 rings (SSSR count). The molecule has 0 fully saturated rings. The lowest BCUT2D eigenvalue weighted by Gasteiger charge is -2.30. The lowest BCUT2D eigenvalue weighted by molar-refractivity contribution is -0.142. The third-order valence-electron chi connectivity index (χ3n) is 2.88. The van der Waals surface area contributed by atoms with Gasteiger partial charge in [0.2, 0.25) is 0 Å². The van der Waals surface area contributed by atoms with E-state index < -0.39 is 29.7 Å². The maximum absolute atomic E-state index is 12.9. The molecule has 1 atom stereocenters. The van der Waals surface area contributed by atoms with E-state index in [2.05, 4.69) is 5.32 Å². The molecule has 100 valence electrons. The Hall–Kier alpha value is -1.56. The van der Waals surface area contributed by atoms with Gasteiger partial charge >= 0.3 is 12.1 Å². The molecule has 0 aliphatic rings. The van der Waals surface area contributed by atoms with E-state index in [1.807, 2.05) is 0 Å². The lowest BCUT2D eigenvalue weighted by Crippen LogP contribution is -2.40. The Balaban J connectivity index is 3.34. The Bertz CT molecular complexity index is 445. The third kappa shape index (κ3) is 3.01. The van der Waals surface area contributed by atoms with Crippen LogP contribution in [0.15, 0.2) is 24.3 Å². The average Bonchev–Trinajstić information content (AvgIpc) is 2.27. The van der Waals surface area contributed by atoms with Crippen molar-refractivity contribution in [3.8, 4) is 0 Å². The lowest BCUT2D eigenvalue weighted by atomic mass is 9.85. The molecule has 0 amide bonds. The van der Waals surface area contributed by atoms with Crippen LogP contribution in [-0.4, -0.2) is 18.1 Å². The van der Waals surface area contributed by atoms with Gasteiger partial charge in [0.05, 0.1) is 17.5 Å². The van der Waals surface area contributed by atoms with Crippen molar-refractivity contribution in [2.75, 3.05) is 7.05 Å². The monoisotopic (exact) mass is 261 g/mol. The van der Waals surface area contributed by atoms with Crippen LogP contribution in [0.4, 0.5) is 13.2 Å². The molecule has 0 aliphatic carbocycles. The maximum Gasteiger partial charge on any atom is 0.416 e. The Labute approximate surface area is 103 Å². The van der Waals surface area contributed by atoms with Crippen LogP contribution < -0.4 is 5.32 Å². The highest BCUT2D eigenvalue weighted by atomic mass is 19.4. The minimum atomic E-state index is -4.51. The van der Waals surface area contributed by atoms with Gasteiger partial charge in [-0.25, -0.2) is 0 Å². The summed E-state index contributed by atoms with van der Waals surface area (Å²) < 4.78 is 38.6. The first-order valence-electron chi connectivity index (χ1n) is 5.28. The highest BCUT2D eigenvalue weighted by molar-refractivity contribution is 5.69. The van der Waals surface area contributed by atoms with Gasteiger partial charge in [-0.15, -0.1) is 0 Å². The van der Waals surface area contributed by atoms with Crippen molar-refractivity contribution >= 4 is 5.97 Å². The van der Waals surface area contributed by atoms with Gasteiger partial charge in [-0.1, -0.05) is 18.2 Å². The number of alkyl halides is 3. The molecule has 0 saturated heterocycles. The summed E-state index contributed by atoms with van der Waals surface area (Å²) in [6.45, 7) is 1.44. The van der Waals surface area contributed by atoms with E-state index in [9.17, 15) is 18.0 Å². The van der Waals surface area contributed by atoms with Gasteiger partial charge in [0, 0.05) is 0 Å². The van der Waals surface area contributed by atoms with Gasteiger partial charge in [-0.2, -0.15) is 13.2 Å². The summed E-state index contributed by atoms with van der Waals surface area (Å²) in [6.07, 6.45) is -4.94. The summed E-state index contributed by atoms with van der Waals surface area (Å²) in [5, 5.41) is 11.5. The third-order valence-corrected chi connectivity index (χ3v) is 2.88. The van der Waals surface area contributed by atoms with E-state index in [0.29, 0.717) is 0 Å². The molecule has 0 heterocycles. The van der Waals surface area contributed by atoms with Crippen LogP contribution in [0, 0.1) is 0 Å². The summed E-state index contributed by atoms with van der Waals surface area (Å²) in [4.78, 5) is 10.8. The molecule has 0 radical (unpaired) electrons. The van der Waals surface area contributed by atoms with Crippen LogP contribution in [0.5, 0.6) is 0 Å². The fourth-order valence-electron chi connectivity index (χ4n) is 1.83. The topological polar surface area (TPSA) is 49.3 Å². The maximum atomic E-state index is 12.9. The molecule has 0 saturated carbocycles. The van der Waals surface area contributed by atoms with Crippen LogP contribution in [0.2, 0.25) is 0 Å². The second-order valence-corrected chi connectivity index (χ2v) is 4.20. The number of hydrogen-bond donors (Lipinski definition) is 2. The van der Waals surface area contributed by atoms with Crippen LogP contribution in [0.25, 0.3) is 0 Å². The first-order valence-corrected chi connectivity index (χ1v) is 5.28. The first-order chi connectivity index (χ1) is 8.20. The minimum Gasteiger partial charge on any atom is -0.481 e. The van der Waals surface area contributed by atoms with E-state index in [1.54, 1.807) is 0 Å². The number of rotatable bonds is 4. The zero-order chi connectivity index (χ0) is 14.0. The van der Waals surface area contributed by atoms with E-state index >= 15 is 0 Å². The highest BCUT2D eigenvalue weighted by Crippen LogP contribution is 2.37. The van der Waals surface area contributed by atoms with Crippen molar-refractivity contribution in [3.63, 3.8) is 0 Å². The number of halogens is 3. The smallest absolute Gasteiger partial charge is 0.416 e. The summed E-state index contributed by atoms with van der Waals surface area (Å²) in [5.41, 5.74) is -2.15. The molecular weight excluding hydrogens is 247 g/mol. The van der Waals surface area contributed by atoms with Crippen LogP contribution in [0.3, 0.4) is 0 Å². The average molecular weight is 261 g/mol. The molecule has 0 bridgehead atoms. The van der Waals surface area contributed by atoms with Crippen molar-refractivity contribution < 1.29 is 23.1 Å². The SMILES string of the molecule is CNC(C)(CC(=O)O)c1ccccc1C(F)(F)F. The number of carboxylic acids is 1. The number of carbonyl (C=O) groups is 1. The summed E-state index contributed by atoms with van der Waals surface area (Å²) >= 11 is 0. The summed E-state index contributed by atoms with van der Waals surface area (Å²) in [7, 11) is 1.44. The van der Waals surface area contributed by atoms with E-state index in [-0.39, 0.29) is 5.56 Å². The number of aliphatic carboxylic acids is 1. The zero-order valence-corrected chi connectivity index (χ0v) is 10.0. The van der Waals surface area contributed by atoms with Crippen LogP contribution in [0.1, 0.15) is 24.5 Å². The normalized spacial score (nSPS) is 15.2. The molecule has 2 N–H and O–H groups in total. The Morgan fingerprint density at radius 2 is 1.78 bits per heavy atom. The van der Waals surface area contributed by atoms with Crippen molar-refractivity contribution in [1.82, 2.24) is 5.32 Å². The predicted molar refractivity (Wildman–Crippen MR) is 60.1 cm³/mol. The quantitative estimate of drug-likeness (QED) is 0.876. The van der Waals surface area contributed by atoms with E-state index in [4.69, 9.17) is 5.11 Å².